The Morgan fingerprint density at radius 1 is 1.31 bits per heavy atom. The first kappa shape index (κ1) is 11.4. The molecule has 0 heterocycles. The molecule has 0 aromatic heterocycles. The van der Waals surface area contributed by atoms with Crippen molar-refractivity contribution < 1.29 is 0 Å². The largest absolute Gasteiger partial charge is 0.106 e. The lowest BCUT2D eigenvalue weighted by molar-refractivity contribution is 0.308. The highest BCUT2D eigenvalue weighted by Crippen LogP contribution is 2.40. The molecule has 0 bridgehead atoms. The maximum Gasteiger partial charge on any atom is 0.106 e. The summed E-state index contributed by atoms with van der Waals surface area (Å²) in [5.74, 6) is 2.02. The minimum absolute atomic E-state index is 0.519. The molecular weight excluding hydrogens is 203 g/mol. The van der Waals surface area contributed by atoms with E-state index in [9.17, 15) is 0 Å². The van der Waals surface area contributed by atoms with Crippen LogP contribution in [0.25, 0.3) is 0 Å². The number of hydrogen-bond donors (Lipinski definition) is 0. The van der Waals surface area contributed by atoms with Crippen molar-refractivity contribution in [1.29, 1.82) is 0 Å². The normalized spacial score (nSPS) is 29.5. The molecule has 0 spiro atoms. The zero-order valence-corrected chi connectivity index (χ0v) is 10.1. The second kappa shape index (κ2) is 4.70. The average molecular weight is 221 g/mol. The Hall–Kier alpha value is 0.320. The van der Waals surface area contributed by atoms with Gasteiger partial charge in [-0.15, -0.1) is 0 Å². The van der Waals surface area contributed by atoms with Crippen molar-refractivity contribution >= 4 is 23.2 Å². The molecule has 0 aromatic rings. The molecule has 2 heteroatoms. The minimum atomic E-state index is 0.519. The van der Waals surface area contributed by atoms with Crippen molar-refractivity contribution in [3.05, 3.63) is 10.1 Å². The van der Waals surface area contributed by atoms with Crippen LogP contribution < -0.4 is 0 Å². The van der Waals surface area contributed by atoms with Gasteiger partial charge in [0.05, 0.1) is 0 Å². The molecule has 0 nitrogen and oxygen atoms in total. The molecule has 0 N–H and O–H groups in total. The van der Waals surface area contributed by atoms with Gasteiger partial charge in [-0.25, -0.2) is 0 Å². The van der Waals surface area contributed by atoms with Crippen LogP contribution in [0.5, 0.6) is 0 Å². The quantitative estimate of drug-likeness (QED) is 0.598. The topological polar surface area (TPSA) is 0 Å². The number of halogens is 2. The van der Waals surface area contributed by atoms with Crippen molar-refractivity contribution in [2.24, 2.45) is 17.8 Å². The maximum absolute atomic E-state index is 5.91. The molecule has 1 aliphatic rings. The molecule has 1 saturated carbocycles. The van der Waals surface area contributed by atoms with E-state index < -0.39 is 0 Å². The van der Waals surface area contributed by atoms with Gasteiger partial charge in [0, 0.05) is 0 Å². The van der Waals surface area contributed by atoms with E-state index in [0.717, 1.165) is 12.3 Å². The van der Waals surface area contributed by atoms with E-state index in [1.807, 2.05) is 0 Å². The average Bonchev–Trinajstić information content (AvgIpc) is 2.03. The fraction of sp³-hybridized carbons (Fsp3) is 0.818. The summed E-state index contributed by atoms with van der Waals surface area (Å²) >= 11 is 11.8. The third-order valence-electron chi connectivity index (χ3n) is 3.03. The Balaban J connectivity index is 2.79. The molecule has 1 fully saturated rings. The van der Waals surface area contributed by atoms with Gasteiger partial charge in [0.1, 0.15) is 4.49 Å². The van der Waals surface area contributed by atoms with E-state index in [4.69, 9.17) is 23.2 Å². The predicted octanol–water partition coefficient (Wildman–Crippen LogP) is 4.77. The zero-order valence-electron chi connectivity index (χ0n) is 8.61. The number of rotatable bonds is 1. The van der Waals surface area contributed by atoms with Crippen molar-refractivity contribution in [2.75, 3.05) is 0 Å². The Kier molecular flexibility index (Phi) is 4.12. The van der Waals surface area contributed by atoms with Crippen LogP contribution >= 0.6 is 23.2 Å². The summed E-state index contributed by atoms with van der Waals surface area (Å²) in [6.45, 7) is 6.77. The first-order valence-corrected chi connectivity index (χ1v) is 5.82. The summed E-state index contributed by atoms with van der Waals surface area (Å²) in [6, 6.07) is 0. The van der Waals surface area contributed by atoms with E-state index >= 15 is 0 Å². The predicted molar refractivity (Wildman–Crippen MR) is 60.1 cm³/mol. The third kappa shape index (κ3) is 2.89. The van der Waals surface area contributed by atoms with Gasteiger partial charge < -0.3 is 0 Å². The van der Waals surface area contributed by atoms with E-state index in [1.165, 1.54) is 18.4 Å². The van der Waals surface area contributed by atoms with Crippen molar-refractivity contribution in [2.45, 2.75) is 40.0 Å². The van der Waals surface area contributed by atoms with Crippen LogP contribution in [0.1, 0.15) is 40.0 Å². The molecule has 1 aliphatic carbocycles. The lowest BCUT2D eigenvalue weighted by Gasteiger charge is -2.32. The number of hydrogen-bond acceptors (Lipinski definition) is 0. The Morgan fingerprint density at radius 2 is 1.92 bits per heavy atom. The Labute approximate surface area is 91.3 Å². The van der Waals surface area contributed by atoms with Gasteiger partial charge in [-0.1, -0.05) is 44.0 Å². The van der Waals surface area contributed by atoms with Crippen LogP contribution in [-0.4, -0.2) is 0 Å². The summed E-state index contributed by atoms with van der Waals surface area (Å²) in [7, 11) is 0. The summed E-state index contributed by atoms with van der Waals surface area (Å²) < 4.78 is 0.519. The van der Waals surface area contributed by atoms with Crippen LogP contribution in [0, 0.1) is 17.8 Å². The molecule has 0 unspecified atom stereocenters. The lowest BCUT2D eigenvalue weighted by atomic mass is 9.74. The Bertz CT molecular complexity index is 202. The summed E-state index contributed by atoms with van der Waals surface area (Å²) in [4.78, 5) is 0. The van der Waals surface area contributed by atoms with Crippen LogP contribution in [-0.2, 0) is 0 Å². The zero-order chi connectivity index (χ0) is 10.0. The smallest absolute Gasteiger partial charge is 0.0709 e. The highest BCUT2D eigenvalue weighted by Gasteiger charge is 2.27. The van der Waals surface area contributed by atoms with Crippen LogP contribution in [0.3, 0.4) is 0 Å². The first-order valence-electron chi connectivity index (χ1n) is 5.06. The van der Waals surface area contributed by atoms with E-state index in [2.05, 4.69) is 20.8 Å². The molecule has 76 valence electrons. The second-order valence-corrected chi connectivity index (χ2v) is 5.47. The van der Waals surface area contributed by atoms with Crippen LogP contribution in [0.15, 0.2) is 10.1 Å². The molecule has 0 aromatic carbocycles. The fourth-order valence-corrected chi connectivity index (χ4v) is 2.65. The van der Waals surface area contributed by atoms with Gasteiger partial charge in [-0.3, -0.25) is 0 Å². The summed E-state index contributed by atoms with van der Waals surface area (Å²) in [5, 5.41) is 0. The van der Waals surface area contributed by atoms with Gasteiger partial charge in [0.15, 0.2) is 0 Å². The van der Waals surface area contributed by atoms with Gasteiger partial charge in [-0.05, 0) is 42.6 Å². The van der Waals surface area contributed by atoms with Crippen molar-refractivity contribution in [3.8, 4) is 0 Å². The molecular formula is C11H18Cl2. The summed E-state index contributed by atoms with van der Waals surface area (Å²) in [6.07, 6.45) is 3.65. The third-order valence-corrected chi connectivity index (χ3v) is 3.52. The molecule has 0 amide bonds. The molecule has 2 atom stereocenters. The molecule has 1 rings (SSSR count). The first-order chi connectivity index (χ1) is 6.02. The minimum Gasteiger partial charge on any atom is -0.0709 e. The fourth-order valence-electron chi connectivity index (χ4n) is 2.22. The Morgan fingerprint density at radius 3 is 2.38 bits per heavy atom. The van der Waals surface area contributed by atoms with Gasteiger partial charge in [0.2, 0.25) is 0 Å². The van der Waals surface area contributed by atoms with Crippen LogP contribution in [0.4, 0.5) is 0 Å². The second-order valence-electron chi connectivity index (χ2n) is 4.52. The SMILES string of the molecule is CC(C)[C@@H]1CC[C@@H](C)CC1=C(Cl)Cl. The van der Waals surface area contributed by atoms with Crippen LogP contribution in [0.2, 0.25) is 0 Å². The highest BCUT2D eigenvalue weighted by atomic mass is 35.5. The van der Waals surface area contributed by atoms with E-state index in [0.29, 0.717) is 16.3 Å². The van der Waals surface area contributed by atoms with E-state index in [1.54, 1.807) is 0 Å². The van der Waals surface area contributed by atoms with Gasteiger partial charge in [-0.2, -0.15) is 0 Å². The van der Waals surface area contributed by atoms with Gasteiger partial charge in [0.25, 0.3) is 0 Å². The number of allylic oxidation sites excluding steroid dienone is 1. The molecule has 0 radical (unpaired) electrons. The highest BCUT2D eigenvalue weighted by molar-refractivity contribution is 6.56. The van der Waals surface area contributed by atoms with E-state index in [-0.39, 0.29) is 0 Å². The van der Waals surface area contributed by atoms with Gasteiger partial charge >= 0.3 is 0 Å². The maximum atomic E-state index is 5.91. The monoisotopic (exact) mass is 220 g/mol. The van der Waals surface area contributed by atoms with Crippen molar-refractivity contribution in [1.82, 2.24) is 0 Å². The molecule has 13 heavy (non-hydrogen) atoms. The van der Waals surface area contributed by atoms with Crippen molar-refractivity contribution in [3.63, 3.8) is 0 Å². The summed E-state index contributed by atoms with van der Waals surface area (Å²) in [5.41, 5.74) is 1.29. The lowest BCUT2D eigenvalue weighted by Crippen LogP contribution is -2.20. The molecule has 0 aliphatic heterocycles. The standard InChI is InChI=1S/C11H18Cl2/c1-7(2)9-5-4-8(3)6-10(9)11(12)13/h7-9H,4-6H2,1-3H3/t8-,9+/m1/s1. The molecule has 0 saturated heterocycles.